The summed E-state index contributed by atoms with van der Waals surface area (Å²) in [5.41, 5.74) is 1.58. The third-order valence-corrected chi connectivity index (χ3v) is 4.09. The quantitative estimate of drug-likeness (QED) is 0.538. The van der Waals surface area contributed by atoms with E-state index in [1.165, 1.54) is 13.2 Å². The lowest BCUT2D eigenvalue weighted by molar-refractivity contribution is -0.143. The lowest BCUT2D eigenvalue weighted by atomic mass is 10.2. The van der Waals surface area contributed by atoms with Crippen LogP contribution in [-0.4, -0.2) is 39.5 Å². The summed E-state index contributed by atoms with van der Waals surface area (Å²) in [4.78, 5) is 23.7. The summed E-state index contributed by atoms with van der Waals surface area (Å²) in [5, 5.41) is 2.68. The number of methoxy groups -OCH3 is 2. The maximum atomic E-state index is 11.9. The molecule has 2 aromatic rings. The van der Waals surface area contributed by atoms with Crippen molar-refractivity contribution in [1.29, 1.82) is 0 Å². The predicted octanol–water partition coefficient (Wildman–Crippen LogP) is 2.31. The molecular formula is C21H21NO7. The first kappa shape index (κ1) is 20.1. The molecule has 0 saturated heterocycles. The van der Waals surface area contributed by atoms with Crippen molar-refractivity contribution in [1.82, 2.24) is 5.32 Å². The number of benzene rings is 2. The van der Waals surface area contributed by atoms with Crippen molar-refractivity contribution >= 4 is 18.0 Å². The predicted molar refractivity (Wildman–Crippen MR) is 104 cm³/mol. The summed E-state index contributed by atoms with van der Waals surface area (Å²) in [6, 6.07) is 10.6. The zero-order valence-electron chi connectivity index (χ0n) is 16.1. The van der Waals surface area contributed by atoms with Gasteiger partial charge >= 0.3 is 5.97 Å². The topological polar surface area (TPSA) is 92.3 Å². The monoisotopic (exact) mass is 399 g/mol. The van der Waals surface area contributed by atoms with Gasteiger partial charge in [0.15, 0.2) is 29.6 Å². The summed E-state index contributed by atoms with van der Waals surface area (Å²) in [5.74, 6) is 1.42. The van der Waals surface area contributed by atoms with E-state index in [0.29, 0.717) is 23.0 Å². The van der Waals surface area contributed by atoms with Gasteiger partial charge in [0, 0.05) is 12.6 Å². The van der Waals surface area contributed by atoms with Crippen molar-refractivity contribution < 1.29 is 33.3 Å². The number of carbonyl (C=O) groups excluding carboxylic acids is 2. The lowest BCUT2D eigenvalue weighted by Crippen LogP contribution is -2.28. The van der Waals surface area contributed by atoms with Gasteiger partial charge in [0.25, 0.3) is 5.91 Å². The molecule has 0 radical (unpaired) electrons. The van der Waals surface area contributed by atoms with E-state index in [-0.39, 0.29) is 19.9 Å². The first-order valence-electron chi connectivity index (χ1n) is 8.81. The van der Waals surface area contributed by atoms with Crippen LogP contribution in [0.25, 0.3) is 6.08 Å². The molecule has 3 rings (SSSR count). The highest BCUT2D eigenvalue weighted by molar-refractivity contribution is 5.89. The highest BCUT2D eigenvalue weighted by atomic mass is 16.7. The van der Waals surface area contributed by atoms with E-state index in [1.54, 1.807) is 43.5 Å². The van der Waals surface area contributed by atoms with Crippen molar-refractivity contribution in [2.75, 3.05) is 27.6 Å². The first-order chi connectivity index (χ1) is 14.1. The van der Waals surface area contributed by atoms with Crippen molar-refractivity contribution in [2.24, 2.45) is 0 Å². The van der Waals surface area contributed by atoms with E-state index in [2.05, 4.69) is 5.32 Å². The van der Waals surface area contributed by atoms with Crippen LogP contribution in [0.15, 0.2) is 42.5 Å². The molecule has 0 saturated carbocycles. The molecule has 1 N–H and O–H groups in total. The standard InChI is InChI=1S/C21H21NO7/c1-25-16-6-4-15(10-18(16)26-2)11-22-20(23)12-27-21(24)8-5-14-3-7-17-19(9-14)29-13-28-17/h3-10H,11-13H2,1-2H3,(H,22,23)/b8-5+. The summed E-state index contributed by atoms with van der Waals surface area (Å²) >= 11 is 0. The molecule has 1 amide bonds. The number of hydrogen-bond donors (Lipinski definition) is 1. The van der Waals surface area contributed by atoms with Gasteiger partial charge in [-0.2, -0.15) is 0 Å². The SMILES string of the molecule is COc1ccc(CNC(=O)COC(=O)/C=C/c2ccc3c(c2)OCO3)cc1OC. The zero-order chi connectivity index (χ0) is 20.6. The van der Waals surface area contributed by atoms with E-state index in [9.17, 15) is 9.59 Å². The van der Waals surface area contributed by atoms with Crippen LogP contribution < -0.4 is 24.3 Å². The Morgan fingerprint density at radius 1 is 1.03 bits per heavy atom. The molecule has 1 heterocycles. The first-order valence-corrected chi connectivity index (χ1v) is 8.81. The van der Waals surface area contributed by atoms with Gasteiger partial charge in [-0.1, -0.05) is 12.1 Å². The molecule has 0 fully saturated rings. The number of fused-ring (bicyclic) bond motifs is 1. The molecule has 0 unspecified atom stereocenters. The molecule has 0 atom stereocenters. The van der Waals surface area contributed by atoms with E-state index >= 15 is 0 Å². The highest BCUT2D eigenvalue weighted by Crippen LogP contribution is 2.32. The average molecular weight is 399 g/mol. The van der Waals surface area contributed by atoms with E-state index in [1.807, 2.05) is 6.07 Å². The lowest BCUT2D eigenvalue weighted by Gasteiger charge is -2.10. The van der Waals surface area contributed by atoms with Gasteiger partial charge in [-0.25, -0.2) is 4.79 Å². The Kier molecular flexibility index (Phi) is 6.57. The minimum atomic E-state index is -0.621. The summed E-state index contributed by atoms with van der Waals surface area (Å²) in [7, 11) is 3.09. The molecule has 2 aromatic carbocycles. The van der Waals surface area contributed by atoms with E-state index in [4.69, 9.17) is 23.7 Å². The number of ether oxygens (including phenoxy) is 5. The Bertz CT molecular complexity index is 923. The second kappa shape index (κ2) is 9.50. The van der Waals surface area contributed by atoms with Gasteiger partial charge < -0.3 is 29.0 Å². The second-order valence-electron chi connectivity index (χ2n) is 6.02. The highest BCUT2D eigenvalue weighted by Gasteiger charge is 2.12. The Labute approximate surface area is 168 Å². The molecule has 8 heteroatoms. The maximum absolute atomic E-state index is 11.9. The van der Waals surface area contributed by atoms with Gasteiger partial charge in [0.1, 0.15) is 0 Å². The molecule has 0 aromatic heterocycles. The molecular weight excluding hydrogens is 378 g/mol. The van der Waals surface area contributed by atoms with E-state index < -0.39 is 11.9 Å². The van der Waals surface area contributed by atoms with Gasteiger partial charge in [0.2, 0.25) is 6.79 Å². The molecule has 0 spiro atoms. The van der Waals surface area contributed by atoms with Crippen molar-refractivity contribution in [2.45, 2.75) is 6.54 Å². The number of carbonyl (C=O) groups is 2. The largest absolute Gasteiger partial charge is 0.493 e. The molecule has 1 aliphatic rings. The van der Waals surface area contributed by atoms with Crippen molar-refractivity contribution in [3.05, 3.63) is 53.6 Å². The Morgan fingerprint density at radius 3 is 2.62 bits per heavy atom. The fourth-order valence-corrected chi connectivity index (χ4v) is 2.61. The average Bonchev–Trinajstić information content (AvgIpc) is 3.22. The van der Waals surface area contributed by atoms with Crippen LogP contribution in [0.1, 0.15) is 11.1 Å². The minimum absolute atomic E-state index is 0.183. The van der Waals surface area contributed by atoms with Crippen LogP contribution in [0.3, 0.4) is 0 Å². The van der Waals surface area contributed by atoms with Gasteiger partial charge in [-0.15, -0.1) is 0 Å². The Balaban J connectivity index is 1.43. The van der Waals surface area contributed by atoms with Crippen molar-refractivity contribution in [3.8, 4) is 23.0 Å². The summed E-state index contributed by atoms with van der Waals surface area (Å²) < 4.78 is 25.8. The smallest absolute Gasteiger partial charge is 0.331 e. The van der Waals surface area contributed by atoms with Crippen LogP contribution in [0, 0.1) is 0 Å². The van der Waals surface area contributed by atoms with Crippen molar-refractivity contribution in [3.63, 3.8) is 0 Å². The normalized spacial score (nSPS) is 11.9. The van der Waals surface area contributed by atoms with E-state index in [0.717, 1.165) is 11.1 Å². The zero-order valence-corrected chi connectivity index (χ0v) is 16.1. The number of hydrogen-bond acceptors (Lipinski definition) is 7. The minimum Gasteiger partial charge on any atom is -0.493 e. The number of nitrogens with one attached hydrogen (secondary N) is 1. The third kappa shape index (κ3) is 5.41. The van der Waals surface area contributed by atoms with Crippen LogP contribution in [0.4, 0.5) is 0 Å². The Hall–Kier alpha value is -3.68. The molecule has 1 aliphatic heterocycles. The molecule has 29 heavy (non-hydrogen) atoms. The third-order valence-electron chi connectivity index (χ3n) is 4.09. The van der Waals surface area contributed by atoms with Gasteiger partial charge in [-0.3, -0.25) is 4.79 Å². The second-order valence-corrected chi connectivity index (χ2v) is 6.02. The molecule has 0 bridgehead atoms. The fourth-order valence-electron chi connectivity index (χ4n) is 2.61. The number of rotatable bonds is 8. The number of amides is 1. The molecule has 0 aliphatic carbocycles. The van der Waals surface area contributed by atoms with Crippen LogP contribution in [0.2, 0.25) is 0 Å². The van der Waals surface area contributed by atoms with Gasteiger partial charge in [0.05, 0.1) is 14.2 Å². The van der Waals surface area contributed by atoms with Gasteiger partial charge in [-0.05, 0) is 41.5 Å². The molecule has 8 nitrogen and oxygen atoms in total. The van der Waals surface area contributed by atoms with Crippen LogP contribution in [-0.2, 0) is 20.9 Å². The van der Waals surface area contributed by atoms with Crippen LogP contribution in [0.5, 0.6) is 23.0 Å². The summed E-state index contributed by atoms with van der Waals surface area (Å²) in [6.07, 6.45) is 2.82. The number of esters is 1. The maximum Gasteiger partial charge on any atom is 0.331 e. The molecule has 152 valence electrons. The Morgan fingerprint density at radius 2 is 1.83 bits per heavy atom. The van der Waals surface area contributed by atoms with Crippen LogP contribution >= 0.6 is 0 Å². The fraction of sp³-hybridized carbons (Fsp3) is 0.238. The summed E-state index contributed by atoms with van der Waals surface area (Å²) in [6.45, 7) is 0.0737.